The first kappa shape index (κ1) is 11.8. The molecule has 0 bridgehead atoms. The Balaban J connectivity index is 2.17. The maximum atomic E-state index is 11.3. The van der Waals surface area contributed by atoms with Crippen molar-refractivity contribution in [2.24, 2.45) is 5.92 Å². The molecule has 0 unspecified atom stereocenters. The van der Waals surface area contributed by atoms with Crippen molar-refractivity contribution in [2.75, 3.05) is 6.54 Å². The second kappa shape index (κ2) is 4.52. The maximum absolute atomic E-state index is 11.3. The third-order valence-corrected chi connectivity index (χ3v) is 2.31. The molecule has 0 spiro atoms. The van der Waals surface area contributed by atoms with Crippen molar-refractivity contribution in [1.82, 2.24) is 5.32 Å². The van der Waals surface area contributed by atoms with Gasteiger partial charge in [0.15, 0.2) is 0 Å². The smallest absolute Gasteiger partial charge is 0.407 e. The first-order chi connectivity index (χ1) is 6.90. The van der Waals surface area contributed by atoms with Crippen molar-refractivity contribution in [3.63, 3.8) is 0 Å². The number of amides is 1. The monoisotopic (exact) mass is 210 g/mol. The van der Waals surface area contributed by atoms with Crippen molar-refractivity contribution in [3.8, 4) is 0 Å². The van der Waals surface area contributed by atoms with Crippen LogP contribution in [0.25, 0.3) is 4.85 Å². The third kappa shape index (κ3) is 4.20. The van der Waals surface area contributed by atoms with E-state index in [4.69, 9.17) is 11.3 Å². The van der Waals surface area contributed by atoms with Gasteiger partial charge in [-0.3, -0.25) is 0 Å². The molecule has 1 saturated carbocycles. The number of nitrogens with one attached hydrogen (secondary N) is 1. The summed E-state index contributed by atoms with van der Waals surface area (Å²) >= 11 is 0. The molecule has 1 N–H and O–H groups in total. The molecule has 0 aromatic rings. The Hall–Kier alpha value is -1.24. The maximum Gasteiger partial charge on any atom is 0.407 e. The molecular formula is C11H18N2O2. The van der Waals surface area contributed by atoms with Gasteiger partial charge in [0.2, 0.25) is 6.54 Å². The number of carbonyl (C=O) groups excluding carboxylic acids is 1. The van der Waals surface area contributed by atoms with Crippen LogP contribution in [0, 0.1) is 12.5 Å². The highest BCUT2D eigenvalue weighted by Crippen LogP contribution is 2.27. The lowest BCUT2D eigenvalue weighted by atomic mass is 9.80. The summed E-state index contributed by atoms with van der Waals surface area (Å²) in [7, 11) is 0. The largest absolute Gasteiger partial charge is 0.444 e. The molecule has 1 fully saturated rings. The van der Waals surface area contributed by atoms with Gasteiger partial charge in [-0.25, -0.2) is 11.4 Å². The third-order valence-electron chi connectivity index (χ3n) is 2.31. The van der Waals surface area contributed by atoms with Gasteiger partial charge in [0, 0.05) is 12.0 Å². The highest BCUT2D eigenvalue weighted by atomic mass is 16.6. The fourth-order valence-corrected chi connectivity index (χ4v) is 1.61. The molecule has 0 radical (unpaired) electrons. The number of alkyl carbamates (subject to hydrolysis) is 1. The van der Waals surface area contributed by atoms with Gasteiger partial charge >= 0.3 is 6.09 Å². The van der Waals surface area contributed by atoms with E-state index in [1.165, 1.54) is 0 Å². The summed E-state index contributed by atoms with van der Waals surface area (Å²) in [4.78, 5) is 14.7. The molecule has 1 aliphatic rings. The van der Waals surface area contributed by atoms with E-state index in [0.29, 0.717) is 12.5 Å². The number of carbonyl (C=O) groups is 1. The average molecular weight is 210 g/mol. The number of hydrogen-bond donors (Lipinski definition) is 1. The summed E-state index contributed by atoms with van der Waals surface area (Å²) in [5.41, 5.74) is -0.441. The first-order valence-electron chi connectivity index (χ1n) is 5.23. The van der Waals surface area contributed by atoms with Crippen LogP contribution in [0.3, 0.4) is 0 Å². The molecule has 4 nitrogen and oxygen atoms in total. The molecule has 1 aliphatic carbocycles. The fraction of sp³-hybridized carbons (Fsp3) is 0.818. The van der Waals surface area contributed by atoms with Gasteiger partial charge in [-0.05, 0) is 33.6 Å². The molecule has 0 saturated heterocycles. The predicted molar refractivity (Wildman–Crippen MR) is 57.4 cm³/mol. The fourth-order valence-electron chi connectivity index (χ4n) is 1.61. The van der Waals surface area contributed by atoms with E-state index < -0.39 is 5.60 Å². The molecule has 4 heteroatoms. The van der Waals surface area contributed by atoms with Gasteiger partial charge in [-0.2, -0.15) is 0 Å². The Bertz CT molecular complexity index is 269. The van der Waals surface area contributed by atoms with Crippen molar-refractivity contribution in [3.05, 3.63) is 11.4 Å². The van der Waals surface area contributed by atoms with E-state index in [2.05, 4.69) is 10.2 Å². The Morgan fingerprint density at radius 1 is 1.53 bits per heavy atom. The van der Waals surface area contributed by atoms with Gasteiger partial charge in [0.1, 0.15) is 5.60 Å². The van der Waals surface area contributed by atoms with Crippen LogP contribution in [0.4, 0.5) is 4.79 Å². The van der Waals surface area contributed by atoms with Crippen molar-refractivity contribution in [1.29, 1.82) is 0 Å². The lowest BCUT2D eigenvalue weighted by molar-refractivity contribution is 0.0457. The average Bonchev–Trinajstić information content (AvgIpc) is 1.97. The second-order valence-electron chi connectivity index (χ2n) is 5.02. The van der Waals surface area contributed by atoms with Crippen LogP contribution in [0.2, 0.25) is 0 Å². The van der Waals surface area contributed by atoms with Crippen molar-refractivity contribution < 1.29 is 9.53 Å². The molecule has 0 aromatic carbocycles. The first-order valence-corrected chi connectivity index (χ1v) is 5.23. The van der Waals surface area contributed by atoms with Gasteiger partial charge in [-0.1, -0.05) is 0 Å². The number of nitrogens with zero attached hydrogens (tertiary/aromatic N) is 1. The molecule has 0 aromatic heterocycles. The van der Waals surface area contributed by atoms with E-state index in [1.54, 1.807) is 0 Å². The zero-order valence-corrected chi connectivity index (χ0v) is 9.54. The summed E-state index contributed by atoms with van der Waals surface area (Å²) in [6, 6.07) is 0.201. The van der Waals surface area contributed by atoms with Crippen LogP contribution < -0.4 is 5.32 Å². The van der Waals surface area contributed by atoms with Gasteiger partial charge in [-0.15, -0.1) is 0 Å². The van der Waals surface area contributed by atoms with Crippen LogP contribution in [0.15, 0.2) is 0 Å². The Morgan fingerprint density at radius 3 is 2.60 bits per heavy atom. The van der Waals surface area contributed by atoms with Crippen LogP contribution >= 0.6 is 0 Å². The SMILES string of the molecule is [C-]#[N+]CC1CC(NC(=O)OC(C)(C)C)C1. The quantitative estimate of drug-likeness (QED) is 0.710. The molecular weight excluding hydrogens is 192 g/mol. The van der Waals surface area contributed by atoms with Crippen LogP contribution in [0.5, 0.6) is 0 Å². The van der Waals surface area contributed by atoms with Crippen LogP contribution in [-0.4, -0.2) is 24.3 Å². The highest BCUT2D eigenvalue weighted by molar-refractivity contribution is 5.68. The number of rotatable bonds is 2. The summed E-state index contributed by atoms with van der Waals surface area (Å²) in [5, 5.41) is 2.80. The zero-order chi connectivity index (χ0) is 11.5. The molecule has 0 aliphatic heterocycles. The highest BCUT2D eigenvalue weighted by Gasteiger charge is 2.33. The molecule has 1 rings (SSSR count). The van der Waals surface area contributed by atoms with Crippen molar-refractivity contribution >= 4 is 6.09 Å². The Morgan fingerprint density at radius 2 is 2.13 bits per heavy atom. The van der Waals surface area contributed by atoms with Gasteiger partial charge in [0.25, 0.3) is 0 Å². The molecule has 15 heavy (non-hydrogen) atoms. The minimum Gasteiger partial charge on any atom is -0.444 e. The minimum atomic E-state index is -0.441. The number of ether oxygens (including phenoxy) is 1. The lowest BCUT2D eigenvalue weighted by Gasteiger charge is -2.33. The second-order valence-corrected chi connectivity index (χ2v) is 5.02. The Labute approximate surface area is 90.8 Å². The molecule has 1 amide bonds. The summed E-state index contributed by atoms with van der Waals surface area (Å²) in [5.74, 6) is 0.461. The van der Waals surface area contributed by atoms with E-state index in [-0.39, 0.29) is 12.1 Å². The molecule has 0 atom stereocenters. The standard InChI is InChI=1S/C11H18N2O2/c1-11(2,3)15-10(14)13-9-5-8(6-9)7-12-4/h8-9H,5-7H2,1-3H3,(H,13,14). The summed E-state index contributed by atoms with van der Waals surface area (Å²) < 4.78 is 5.13. The summed E-state index contributed by atoms with van der Waals surface area (Å²) in [6.07, 6.45) is 1.46. The van der Waals surface area contributed by atoms with Crippen molar-refractivity contribution in [2.45, 2.75) is 45.3 Å². The van der Waals surface area contributed by atoms with Crippen LogP contribution in [-0.2, 0) is 4.74 Å². The molecule has 0 heterocycles. The summed E-state index contributed by atoms with van der Waals surface area (Å²) in [6.45, 7) is 12.8. The number of hydrogen-bond acceptors (Lipinski definition) is 2. The lowest BCUT2D eigenvalue weighted by Crippen LogP contribution is -2.46. The van der Waals surface area contributed by atoms with E-state index >= 15 is 0 Å². The van der Waals surface area contributed by atoms with E-state index in [0.717, 1.165) is 12.8 Å². The van der Waals surface area contributed by atoms with Crippen LogP contribution in [0.1, 0.15) is 33.6 Å². The molecule has 84 valence electrons. The van der Waals surface area contributed by atoms with Gasteiger partial charge < -0.3 is 14.9 Å². The Kier molecular flexibility index (Phi) is 3.57. The van der Waals surface area contributed by atoms with E-state index in [1.807, 2.05) is 20.8 Å². The van der Waals surface area contributed by atoms with E-state index in [9.17, 15) is 4.79 Å². The van der Waals surface area contributed by atoms with Gasteiger partial charge in [0.05, 0.1) is 0 Å². The zero-order valence-electron chi connectivity index (χ0n) is 9.54. The predicted octanol–water partition coefficient (Wildman–Crippen LogP) is 2.21. The normalized spacial score (nSPS) is 24.9. The topological polar surface area (TPSA) is 42.7 Å². The minimum absolute atomic E-state index is 0.201.